The van der Waals surface area contributed by atoms with Crippen molar-refractivity contribution in [3.63, 3.8) is 0 Å². The van der Waals surface area contributed by atoms with E-state index in [1.807, 2.05) is 50.4 Å². The van der Waals surface area contributed by atoms with Crippen LogP contribution in [0.15, 0.2) is 42.6 Å². The summed E-state index contributed by atoms with van der Waals surface area (Å²) in [6.45, 7) is 4.06. The third-order valence-corrected chi connectivity index (χ3v) is 3.46. The molecular formula is C16H16N4O. The van der Waals surface area contributed by atoms with Crippen LogP contribution in [0.1, 0.15) is 21.6 Å². The van der Waals surface area contributed by atoms with Crippen LogP contribution in [0.2, 0.25) is 0 Å². The zero-order chi connectivity index (χ0) is 14.8. The predicted octanol–water partition coefficient (Wildman–Crippen LogP) is 3.27. The molecule has 3 N–H and O–H groups in total. The van der Waals surface area contributed by atoms with Gasteiger partial charge in [-0.3, -0.25) is 9.89 Å². The molecule has 0 fully saturated rings. The summed E-state index contributed by atoms with van der Waals surface area (Å²) >= 11 is 0. The molecule has 1 amide bonds. The molecule has 0 aliphatic heterocycles. The van der Waals surface area contributed by atoms with Crippen molar-refractivity contribution in [3.05, 3.63) is 59.4 Å². The molecule has 5 nitrogen and oxygen atoms in total. The first-order chi connectivity index (χ1) is 10.1. The normalized spacial score (nSPS) is 10.6. The molecular weight excluding hydrogens is 264 g/mol. The van der Waals surface area contributed by atoms with Gasteiger partial charge in [0.05, 0.1) is 5.69 Å². The monoisotopic (exact) mass is 280 g/mol. The summed E-state index contributed by atoms with van der Waals surface area (Å²) in [5.74, 6) is -0.205. The van der Waals surface area contributed by atoms with Gasteiger partial charge in [0.25, 0.3) is 5.91 Å². The van der Waals surface area contributed by atoms with Crippen LogP contribution >= 0.6 is 0 Å². The minimum Gasteiger partial charge on any atom is -0.360 e. The average Bonchev–Trinajstić information content (AvgIpc) is 3.12. The van der Waals surface area contributed by atoms with E-state index in [2.05, 4.69) is 20.5 Å². The lowest BCUT2D eigenvalue weighted by atomic mass is 10.1. The van der Waals surface area contributed by atoms with E-state index in [1.165, 1.54) is 5.56 Å². The van der Waals surface area contributed by atoms with E-state index in [1.54, 1.807) is 6.07 Å². The Morgan fingerprint density at radius 2 is 2.00 bits per heavy atom. The third kappa shape index (κ3) is 2.72. The molecule has 3 aromatic rings. The van der Waals surface area contributed by atoms with Gasteiger partial charge in [-0.05, 0) is 55.3 Å². The van der Waals surface area contributed by atoms with Crippen LogP contribution in [0.4, 0.5) is 5.69 Å². The quantitative estimate of drug-likeness (QED) is 0.689. The van der Waals surface area contributed by atoms with Gasteiger partial charge in [0, 0.05) is 11.9 Å². The van der Waals surface area contributed by atoms with Gasteiger partial charge in [0.15, 0.2) is 0 Å². The van der Waals surface area contributed by atoms with E-state index in [0.717, 1.165) is 16.9 Å². The van der Waals surface area contributed by atoms with E-state index < -0.39 is 0 Å². The van der Waals surface area contributed by atoms with E-state index in [4.69, 9.17) is 0 Å². The van der Waals surface area contributed by atoms with Crippen molar-refractivity contribution in [1.82, 2.24) is 15.2 Å². The van der Waals surface area contributed by atoms with Crippen molar-refractivity contribution in [1.29, 1.82) is 0 Å². The largest absolute Gasteiger partial charge is 0.360 e. The maximum absolute atomic E-state index is 12.2. The molecule has 0 aliphatic rings. The number of benzene rings is 1. The zero-order valence-electron chi connectivity index (χ0n) is 11.9. The van der Waals surface area contributed by atoms with Gasteiger partial charge in [-0.2, -0.15) is 5.10 Å². The van der Waals surface area contributed by atoms with Gasteiger partial charge in [0.1, 0.15) is 11.4 Å². The number of amides is 1. The Balaban J connectivity index is 1.78. The van der Waals surface area contributed by atoms with Gasteiger partial charge in [-0.1, -0.05) is 6.07 Å². The zero-order valence-corrected chi connectivity index (χ0v) is 11.9. The lowest BCUT2D eigenvalue weighted by molar-refractivity contribution is 0.102. The molecule has 3 rings (SSSR count). The molecule has 0 atom stereocenters. The van der Waals surface area contributed by atoms with Crippen molar-refractivity contribution >= 4 is 11.6 Å². The highest BCUT2D eigenvalue weighted by Crippen LogP contribution is 2.17. The van der Waals surface area contributed by atoms with Crippen LogP contribution in [-0.2, 0) is 0 Å². The number of hydrogen-bond acceptors (Lipinski definition) is 2. The first-order valence-electron chi connectivity index (χ1n) is 6.71. The third-order valence-electron chi connectivity index (χ3n) is 3.46. The number of carbonyl (C=O) groups is 1. The summed E-state index contributed by atoms with van der Waals surface area (Å²) in [4.78, 5) is 15.3. The summed E-state index contributed by atoms with van der Waals surface area (Å²) in [6, 6.07) is 11.3. The van der Waals surface area contributed by atoms with Crippen LogP contribution in [0.3, 0.4) is 0 Å². The van der Waals surface area contributed by atoms with Crippen molar-refractivity contribution in [2.45, 2.75) is 13.8 Å². The first-order valence-corrected chi connectivity index (χ1v) is 6.71. The molecule has 0 spiro atoms. The molecule has 0 aliphatic carbocycles. The highest BCUT2D eigenvalue weighted by Gasteiger charge is 2.11. The number of H-pyrrole nitrogens is 2. The predicted molar refractivity (Wildman–Crippen MR) is 82.2 cm³/mol. The second-order valence-corrected chi connectivity index (χ2v) is 5.00. The van der Waals surface area contributed by atoms with Crippen molar-refractivity contribution in [3.8, 4) is 11.4 Å². The van der Waals surface area contributed by atoms with E-state index >= 15 is 0 Å². The molecule has 21 heavy (non-hydrogen) atoms. The standard InChI is InChI=1S/C16H16N4O/c1-10-5-6-12(8-11(10)2)18-16(21)15-9-14(19-20-15)13-4-3-7-17-13/h3-9,17H,1-2H3,(H,18,21)(H,19,20). The number of anilines is 1. The average molecular weight is 280 g/mol. The molecule has 0 unspecified atom stereocenters. The Morgan fingerprint density at radius 1 is 1.14 bits per heavy atom. The van der Waals surface area contributed by atoms with Crippen molar-refractivity contribution in [2.75, 3.05) is 5.32 Å². The van der Waals surface area contributed by atoms with Crippen LogP contribution in [0.5, 0.6) is 0 Å². The minimum atomic E-state index is -0.205. The fourth-order valence-electron chi connectivity index (χ4n) is 2.08. The van der Waals surface area contributed by atoms with Crippen LogP contribution in [0, 0.1) is 13.8 Å². The van der Waals surface area contributed by atoms with Gasteiger partial charge < -0.3 is 10.3 Å². The Labute approximate surface area is 122 Å². The van der Waals surface area contributed by atoms with Crippen LogP contribution < -0.4 is 5.32 Å². The molecule has 2 aromatic heterocycles. The van der Waals surface area contributed by atoms with E-state index in [0.29, 0.717) is 11.4 Å². The molecule has 1 aromatic carbocycles. The number of hydrogen-bond donors (Lipinski definition) is 3. The number of aromatic nitrogens is 3. The highest BCUT2D eigenvalue weighted by molar-refractivity contribution is 6.03. The van der Waals surface area contributed by atoms with Gasteiger partial charge in [-0.15, -0.1) is 0 Å². The van der Waals surface area contributed by atoms with Crippen molar-refractivity contribution < 1.29 is 4.79 Å². The van der Waals surface area contributed by atoms with E-state index in [-0.39, 0.29) is 5.91 Å². The van der Waals surface area contributed by atoms with Gasteiger partial charge >= 0.3 is 0 Å². The Morgan fingerprint density at radius 3 is 2.71 bits per heavy atom. The molecule has 0 saturated carbocycles. The highest BCUT2D eigenvalue weighted by atomic mass is 16.1. The number of nitrogens with zero attached hydrogens (tertiary/aromatic N) is 1. The summed E-state index contributed by atoms with van der Waals surface area (Å²) in [5, 5.41) is 9.76. The Bertz CT molecular complexity index is 771. The topological polar surface area (TPSA) is 73.6 Å². The number of aromatic amines is 2. The fraction of sp³-hybridized carbons (Fsp3) is 0.125. The molecule has 0 bridgehead atoms. The number of carbonyl (C=O) groups excluding carboxylic acids is 1. The SMILES string of the molecule is Cc1ccc(NC(=O)c2cc(-c3ccc[nH]3)n[nH]2)cc1C. The summed E-state index contributed by atoms with van der Waals surface area (Å²) in [7, 11) is 0. The van der Waals surface area contributed by atoms with E-state index in [9.17, 15) is 4.79 Å². The molecule has 2 heterocycles. The lowest BCUT2D eigenvalue weighted by Gasteiger charge is -2.06. The summed E-state index contributed by atoms with van der Waals surface area (Å²) in [6.07, 6.45) is 1.82. The molecule has 0 radical (unpaired) electrons. The molecule has 106 valence electrons. The van der Waals surface area contributed by atoms with Crippen LogP contribution in [0.25, 0.3) is 11.4 Å². The van der Waals surface area contributed by atoms with Crippen LogP contribution in [-0.4, -0.2) is 21.1 Å². The minimum absolute atomic E-state index is 0.205. The van der Waals surface area contributed by atoms with Crippen molar-refractivity contribution in [2.24, 2.45) is 0 Å². The molecule has 0 saturated heterocycles. The number of nitrogens with one attached hydrogen (secondary N) is 3. The van der Waals surface area contributed by atoms with Gasteiger partial charge in [0.2, 0.25) is 0 Å². The first kappa shape index (κ1) is 13.2. The fourth-order valence-corrected chi connectivity index (χ4v) is 2.08. The number of aryl methyl sites for hydroxylation is 2. The smallest absolute Gasteiger partial charge is 0.273 e. The second-order valence-electron chi connectivity index (χ2n) is 5.00. The Hall–Kier alpha value is -2.82. The number of rotatable bonds is 3. The molecule has 5 heteroatoms. The lowest BCUT2D eigenvalue weighted by Crippen LogP contribution is -2.12. The Kier molecular flexibility index (Phi) is 3.31. The van der Waals surface area contributed by atoms with Gasteiger partial charge in [-0.25, -0.2) is 0 Å². The summed E-state index contributed by atoms with van der Waals surface area (Å²) in [5.41, 5.74) is 5.13. The summed E-state index contributed by atoms with van der Waals surface area (Å²) < 4.78 is 0. The second kappa shape index (κ2) is 5.28. The maximum Gasteiger partial charge on any atom is 0.273 e. The maximum atomic E-state index is 12.2.